The normalized spacial score (nSPS) is 29.9. The number of carbonyl (C=O) groups excluding carboxylic acids is 1. The van der Waals surface area contributed by atoms with Gasteiger partial charge in [0.1, 0.15) is 5.60 Å². The highest BCUT2D eigenvalue weighted by atomic mass is 79.9. The highest BCUT2D eigenvalue weighted by molar-refractivity contribution is 9.10. The Morgan fingerprint density at radius 1 is 1.36 bits per heavy atom. The summed E-state index contributed by atoms with van der Waals surface area (Å²) in [4.78, 5) is 18.4. The van der Waals surface area contributed by atoms with Crippen LogP contribution in [0.4, 0.5) is 4.79 Å². The van der Waals surface area contributed by atoms with Crippen LogP contribution in [0.3, 0.4) is 0 Å². The lowest BCUT2D eigenvalue weighted by Gasteiger charge is -2.41. The third-order valence-electron chi connectivity index (χ3n) is 5.32. The van der Waals surface area contributed by atoms with Gasteiger partial charge in [-0.15, -0.1) is 0 Å². The second-order valence-corrected chi connectivity index (χ2v) is 9.42. The summed E-state index contributed by atoms with van der Waals surface area (Å²) >= 11 is 3.52. The average molecular weight is 411 g/mol. The van der Waals surface area contributed by atoms with Crippen LogP contribution in [0.5, 0.6) is 0 Å². The smallest absolute Gasteiger partial charge is 0.410 e. The zero-order chi connectivity index (χ0) is 18.3. The predicted molar refractivity (Wildman–Crippen MR) is 99.2 cm³/mol. The zero-order valence-corrected chi connectivity index (χ0v) is 16.8. The Morgan fingerprint density at radius 2 is 2.12 bits per heavy atom. The summed E-state index contributed by atoms with van der Waals surface area (Å²) < 4.78 is 6.39. The molecule has 1 aliphatic heterocycles. The molecule has 1 spiro atoms. The van der Waals surface area contributed by atoms with Gasteiger partial charge in [0.15, 0.2) is 0 Å². The van der Waals surface area contributed by atoms with E-state index in [0.29, 0.717) is 19.4 Å². The van der Waals surface area contributed by atoms with Crippen molar-refractivity contribution in [2.75, 3.05) is 13.1 Å². The fourth-order valence-electron chi connectivity index (χ4n) is 4.29. The maximum Gasteiger partial charge on any atom is 0.410 e. The van der Waals surface area contributed by atoms with Gasteiger partial charge in [0.05, 0.1) is 5.60 Å². The number of carbonyl (C=O) groups is 1. The molecule has 0 radical (unpaired) electrons. The number of likely N-dealkylation sites (tertiary alicyclic amines) is 1. The van der Waals surface area contributed by atoms with Crippen LogP contribution in [0.15, 0.2) is 22.9 Å². The van der Waals surface area contributed by atoms with Gasteiger partial charge in [0.25, 0.3) is 0 Å². The van der Waals surface area contributed by atoms with E-state index >= 15 is 0 Å². The molecule has 2 unspecified atom stereocenters. The predicted octanol–water partition coefficient (Wildman–Crippen LogP) is 4.23. The largest absolute Gasteiger partial charge is 0.444 e. The van der Waals surface area contributed by atoms with Gasteiger partial charge in [0, 0.05) is 35.5 Å². The number of nitrogens with zero attached hydrogens (tertiary/aromatic N) is 2. The molecule has 138 valence electrons. The van der Waals surface area contributed by atoms with Gasteiger partial charge in [-0.3, -0.25) is 4.98 Å². The molecular weight excluding hydrogens is 384 g/mol. The fraction of sp³-hybridized carbons (Fsp3) is 0.684. The third kappa shape index (κ3) is 4.00. The third-order valence-corrected chi connectivity index (χ3v) is 5.96. The summed E-state index contributed by atoms with van der Waals surface area (Å²) in [7, 11) is 0. The molecule has 1 N–H and O–H groups in total. The van der Waals surface area contributed by atoms with Crippen molar-refractivity contribution in [1.82, 2.24) is 9.88 Å². The number of aromatic nitrogens is 1. The highest BCUT2D eigenvalue weighted by Gasteiger charge is 2.51. The molecule has 1 saturated heterocycles. The van der Waals surface area contributed by atoms with E-state index in [9.17, 15) is 9.90 Å². The van der Waals surface area contributed by atoms with Crippen molar-refractivity contribution in [3.05, 3.63) is 28.5 Å². The van der Waals surface area contributed by atoms with E-state index < -0.39 is 11.2 Å². The Bertz CT molecular complexity index is 660. The van der Waals surface area contributed by atoms with Gasteiger partial charge >= 0.3 is 6.09 Å². The van der Waals surface area contributed by atoms with Gasteiger partial charge in [-0.1, -0.05) is 0 Å². The van der Waals surface area contributed by atoms with E-state index in [0.717, 1.165) is 35.8 Å². The first-order chi connectivity index (χ1) is 11.6. The molecule has 1 saturated carbocycles. The quantitative estimate of drug-likeness (QED) is 0.751. The summed E-state index contributed by atoms with van der Waals surface area (Å²) in [5.74, 6) is 0. The molecule has 1 aromatic heterocycles. The molecule has 25 heavy (non-hydrogen) atoms. The number of rotatable bonds is 1. The molecule has 0 aromatic carbocycles. The van der Waals surface area contributed by atoms with Crippen LogP contribution in [0.2, 0.25) is 0 Å². The van der Waals surface area contributed by atoms with Gasteiger partial charge in [0.2, 0.25) is 0 Å². The number of amides is 1. The number of aliphatic hydroxyl groups is 1. The van der Waals surface area contributed by atoms with Gasteiger partial charge < -0.3 is 14.7 Å². The van der Waals surface area contributed by atoms with E-state index in [1.54, 1.807) is 12.4 Å². The first-order valence-corrected chi connectivity index (χ1v) is 9.72. The summed E-state index contributed by atoms with van der Waals surface area (Å²) in [6.07, 6.45) is 7.48. The van der Waals surface area contributed by atoms with Crippen LogP contribution in [0.25, 0.3) is 0 Å². The lowest BCUT2D eigenvalue weighted by molar-refractivity contribution is -0.00924. The summed E-state index contributed by atoms with van der Waals surface area (Å²) in [5, 5.41) is 11.3. The molecule has 1 aromatic rings. The number of hydrogen-bond acceptors (Lipinski definition) is 4. The van der Waals surface area contributed by atoms with Gasteiger partial charge in [-0.25, -0.2) is 4.79 Å². The number of halogens is 1. The lowest BCUT2D eigenvalue weighted by Crippen LogP contribution is -2.47. The molecular formula is C19H27BrN2O3. The van der Waals surface area contributed by atoms with Crippen molar-refractivity contribution in [2.24, 2.45) is 5.41 Å². The Kier molecular flexibility index (Phi) is 4.88. The Morgan fingerprint density at radius 3 is 2.80 bits per heavy atom. The second-order valence-electron chi connectivity index (χ2n) is 8.57. The SMILES string of the molecule is CC(C)(C)OC(=O)N1CCCC2(CCC(O)(c3ccncc3Br)C2)C1. The number of ether oxygens (including phenoxy) is 1. The van der Waals surface area contributed by atoms with E-state index in [1.807, 2.05) is 31.7 Å². The minimum absolute atomic E-state index is 0.0351. The summed E-state index contributed by atoms with van der Waals surface area (Å²) in [5.41, 5.74) is -0.487. The monoisotopic (exact) mass is 410 g/mol. The molecule has 6 heteroatoms. The van der Waals surface area contributed by atoms with E-state index in [2.05, 4.69) is 20.9 Å². The maximum absolute atomic E-state index is 12.5. The van der Waals surface area contributed by atoms with Crippen molar-refractivity contribution in [3.8, 4) is 0 Å². The molecule has 2 fully saturated rings. The van der Waals surface area contributed by atoms with E-state index in [-0.39, 0.29) is 11.5 Å². The van der Waals surface area contributed by atoms with Crippen molar-refractivity contribution in [3.63, 3.8) is 0 Å². The number of hydrogen-bond donors (Lipinski definition) is 1. The molecule has 1 aliphatic carbocycles. The van der Waals surface area contributed by atoms with Crippen LogP contribution >= 0.6 is 15.9 Å². The zero-order valence-electron chi connectivity index (χ0n) is 15.2. The Balaban J connectivity index is 1.75. The molecule has 2 atom stereocenters. The number of pyridine rings is 1. The van der Waals surface area contributed by atoms with Crippen LogP contribution < -0.4 is 0 Å². The van der Waals surface area contributed by atoms with Crippen LogP contribution in [0.1, 0.15) is 58.4 Å². The van der Waals surface area contributed by atoms with Crippen molar-refractivity contribution in [1.29, 1.82) is 0 Å². The van der Waals surface area contributed by atoms with Crippen molar-refractivity contribution in [2.45, 2.75) is 64.1 Å². The molecule has 3 rings (SSSR count). The Hall–Kier alpha value is -1.14. The first kappa shape index (κ1) is 18.6. The van der Waals surface area contributed by atoms with Crippen molar-refractivity contribution < 1.29 is 14.6 Å². The highest BCUT2D eigenvalue weighted by Crippen LogP contribution is 2.54. The average Bonchev–Trinajstić information content (AvgIpc) is 2.83. The first-order valence-electron chi connectivity index (χ1n) is 8.93. The minimum Gasteiger partial charge on any atom is -0.444 e. The Labute approximate surface area is 157 Å². The van der Waals surface area contributed by atoms with Gasteiger partial charge in [-0.05, 0) is 80.3 Å². The molecule has 0 bridgehead atoms. The maximum atomic E-state index is 12.5. The molecule has 5 nitrogen and oxygen atoms in total. The summed E-state index contributed by atoms with van der Waals surface area (Å²) in [6, 6.07) is 1.89. The minimum atomic E-state index is -0.862. The van der Waals surface area contributed by atoms with Gasteiger partial charge in [-0.2, -0.15) is 0 Å². The topological polar surface area (TPSA) is 62.7 Å². The lowest BCUT2D eigenvalue weighted by atomic mass is 9.76. The second kappa shape index (κ2) is 6.54. The van der Waals surface area contributed by atoms with Crippen LogP contribution in [-0.2, 0) is 10.3 Å². The van der Waals surface area contributed by atoms with Crippen molar-refractivity contribution >= 4 is 22.0 Å². The molecule has 1 amide bonds. The standard InChI is InChI=1S/C19H27BrN2O3/c1-17(2,3)25-16(23)22-10-4-6-18(13-22)7-8-19(24,12-18)14-5-9-21-11-15(14)20/h5,9,11,24H,4,6-8,10,12-13H2,1-3H3. The van der Waals surface area contributed by atoms with Crippen LogP contribution in [-0.4, -0.2) is 39.8 Å². The van der Waals surface area contributed by atoms with E-state index in [4.69, 9.17) is 4.74 Å². The summed E-state index contributed by atoms with van der Waals surface area (Å²) in [6.45, 7) is 7.06. The number of piperidine rings is 1. The fourth-order valence-corrected chi connectivity index (χ4v) is 4.91. The van der Waals surface area contributed by atoms with E-state index in [1.165, 1.54) is 0 Å². The molecule has 2 aliphatic rings. The molecule has 2 heterocycles. The van der Waals surface area contributed by atoms with Crippen LogP contribution in [0, 0.1) is 5.41 Å².